The van der Waals surface area contributed by atoms with Crippen LogP contribution in [-0.4, -0.2) is 27.1 Å². The molecular weight excluding hydrogens is 472 g/mol. The van der Waals surface area contributed by atoms with E-state index in [0.717, 1.165) is 61.4 Å². The third-order valence-electron chi connectivity index (χ3n) is 5.68. The molecular formula is C25H19BrN2O2S. The van der Waals surface area contributed by atoms with Crippen LogP contribution in [0.1, 0.15) is 21.6 Å². The van der Waals surface area contributed by atoms with E-state index in [-0.39, 0.29) is 0 Å². The molecule has 1 aromatic heterocycles. The van der Waals surface area contributed by atoms with Gasteiger partial charge in [-0.15, -0.1) is 11.8 Å². The van der Waals surface area contributed by atoms with Gasteiger partial charge in [0.05, 0.1) is 16.9 Å². The van der Waals surface area contributed by atoms with E-state index < -0.39 is 5.97 Å². The molecule has 0 saturated carbocycles. The van der Waals surface area contributed by atoms with Gasteiger partial charge in [0.15, 0.2) is 0 Å². The van der Waals surface area contributed by atoms with Crippen molar-refractivity contribution in [2.75, 3.05) is 6.26 Å². The van der Waals surface area contributed by atoms with Gasteiger partial charge in [0.2, 0.25) is 0 Å². The normalized spacial score (nSPS) is 12.3. The van der Waals surface area contributed by atoms with Gasteiger partial charge in [-0.1, -0.05) is 46.3 Å². The highest BCUT2D eigenvalue weighted by Gasteiger charge is 2.30. The molecule has 0 radical (unpaired) electrons. The van der Waals surface area contributed by atoms with Gasteiger partial charge >= 0.3 is 5.97 Å². The van der Waals surface area contributed by atoms with E-state index in [9.17, 15) is 9.90 Å². The van der Waals surface area contributed by atoms with E-state index in [4.69, 9.17) is 5.10 Å². The maximum atomic E-state index is 12.4. The number of halogens is 1. The van der Waals surface area contributed by atoms with E-state index in [1.165, 1.54) is 11.8 Å². The van der Waals surface area contributed by atoms with Crippen molar-refractivity contribution in [3.63, 3.8) is 0 Å². The van der Waals surface area contributed by atoms with Crippen LogP contribution in [0.4, 0.5) is 0 Å². The van der Waals surface area contributed by atoms with E-state index in [2.05, 4.69) is 28.1 Å². The van der Waals surface area contributed by atoms with Gasteiger partial charge in [-0.2, -0.15) is 5.10 Å². The zero-order valence-electron chi connectivity index (χ0n) is 16.8. The number of aromatic nitrogens is 2. The maximum Gasteiger partial charge on any atom is 0.337 e. The summed E-state index contributed by atoms with van der Waals surface area (Å²) in [5.41, 5.74) is 7.26. The highest BCUT2D eigenvalue weighted by molar-refractivity contribution is 9.10. The number of carbonyl (C=O) groups is 1. The van der Waals surface area contributed by atoms with Gasteiger partial charge in [0.1, 0.15) is 0 Å². The molecule has 3 aromatic carbocycles. The summed E-state index contributed by atoms with van der Waals surface area (Å²) in [5.74, 6) is -0.900. The van der Waals surface area contributed by atoms with Crippen molar-refractivity contribution in [2.24, 2.45) is 0 Å². The number of hydrogen-bond acceptors (Lipinski definition) is 3. The number of benzene rings is 3. The summed E-state index contributed by atoms with van der Waals surface area (Å²) >= 11 is 4.97. The molecule has 1 heterocycles. The molecule has 6 heteroatoms. The minimum atomic E-state index is -0.900. The second-order valence-electron chi connectivity index (χ2n) is 7.44. The topological polar surface area (TPSA) is 55.1 Å². The third kappa shape index (κ3) is 3.50. The van der Waals surface area contributed by atoms with Crippen LogP contribution in [0, 0.1) is 0 Å². The van der Waals surface area contributed by atoms with Crippen molar-refractivity contribution in [3.8, 4) is 27.9 Å². The van der Waals surface area contributed by atoms with Crippen LogP contribution in [-0.2, 0) is 12.8 Å². The molecule has 0 fully saturated rings. The Kier molecular flexibility index (Phi) is 5.20. The first-order valence-corrected chi connectivity index (χ1v) is 12.0. The van der Waals surface area contributed by atoms with E-state index in [1.807, 2.05) is 65.7 Å². The summed E-state index contributed by atoms with van der Waals surface area (Å²) in [7, 11) is 0. The standard InChI is InChI=1S/C25H19BrN2O2S/c1-31-22-13-19(15-7-9-16(26)10-8-15)18-11-12-21-20(23(18)24(22)25(29)30)14-28(27-21)17-5-3-2-4-6-17/h2-10,13-14H,11-12H2,1H3,(H,29,30). The summed E-state index contributed by atoms with van der Waals surface area (Å²) in [4.78, 5) is 13.2. The number of aryl methyl sites for hydroxylation is 1. The van der Waals surface area contributed by atoms with E-state index in [1.54, 1.807) is 0 Å². The second kappa shape index (κ2) is 8.02. The molecule has 1 N–H and O–H groups in total. The number of hydrogen-bond donors (Lipinski definition) is 1. The quantitative estimate of drug-likeness (QED) is 0.332. The predicted octanol–water partition coefficient (Wildman–Crippen LogP) is 6.49. The number of para-hydroxylation sites is 1. The van der Waals surface area contributed by atoms with Gasteiger partial charge in [-0.25, -0.2) is 9.48 Å². The van der Waals surface area contributed by atoms with E-state index >= 15 is 0 Å². The molecule has 0 atom stereocenters. The molecule has 1 aliphatic carbocycles. The fourth-order valence-electron chi connectivity index (χ4n) is 4.28. The van der Waals surface area contributed by atoms with Crippen LogP contribution in [0.2, 0.25) is 0 Å². The largest absolute Gasteiger partial charge is 0.478 e. The molecule has 0 bridgehead atoms. The number of aromatic carboxylic acids is 1. The lowest BCUT2D eigenvalue weighted by molar-refractivity contribution is 0.0694. The molecule has 0 spiro atoms. The lowest BCUT2D eigenvalue weighted by Gasteiger charge is -2.23. The van der Waals surface area contributed by atoms with Gasteiger partial charge in [-0.05, 0) is 66.1 Å². The smallest absolute Gasteiger partial charge is 0.337 e. The molecule has 0 saturated heterocycles. The Balaban J connectivity index is 1.79. The first kappa shape index (κ1) is 20.1. The Morgan fingerprint density at radius 2 is 1.81 bits per heavy atom. The fraction of sp³-hybridized carbons (Fsp3) is 0.120. The average Bonchev–Trinajstić information content (AvgIpc) is 3.23. The van der Waals surface area contributed by atoms with Crippen LogP contribution in [0.25, 0.3) is 27.9 Å². The predicted molar refractivity (Wildman–Crippen MR) is 128 cm³/mol. The van der Waals surface area contributed by atoms with Crippen molar-refractivity contribution in [1.29, 1.82) is 0 Å². The molecule has 4 aromatic rings. The lowest BCUT2D eigenvalue weighted by atomic mass is 9.82. The Morgan fingerprint density at radius 1 is 1.06 bits per heavy atom. The summed E-state index contributed by atoms with van der Waals surface area (Å²) in [6, 6.07) is 20.2. The van der Waals surface area contributed by atoms with Crippen molar-refractivity contribution in [3.05, 3.63) is 88.2 Å². The Bertz CT molecular complexity index is 1300. The van der Waals surface area contributed by atoms with Gasteiger partial charge in [0.25, 0.3) is 0 Å². The number of nitrogens with zero attached hydrogens (tertiary/aromatic N) is 2. The van der Waals surface area contributed by atoms with Crippen LogP contribution in [0.3, 0.4) is 0 Å². The summed E-state index contributed by atoms with van der Waals surface area (Å²) in [5, 5.41) is 15.0. The molecule has 5 rings (SSSR count). The Morgan fingerprint density at radius 3 is 2.48 bits per heavy atom. The van der Waals surface area contributed by atoms with Crippen molar-refractivity contribution < 1.29 is 9.90 Å². The molecule has 0 amide bonds. The minimum Gasteiger partial charge on any atom is -0.478 e. The maximum absolute atomic E-state index is 12.4. The van der Waals surface area contributed by atoms with Crippen molar-refractivity contribution >= 4 is 33.7 Å². The Hall–Kier alpha value is -2.83. The highest BCUT2D eigenvalue weighted by Crippen LogP contribution is 2.44. The molecule has 0 aliphatic heterocycles. The summed E-state index contributed by atoms with van der Waals surface area (Å²) < 4.78 is 2.87. The third-order valence-corrected chi connectivity index (χ3v) is 6.97. The number of thioether (sulfide) groups is 1. The number of fused-ring (bicyclic) bond motifs is 3. The highest BCUT2D eigenvalue weighted by atomic mass is 79.9. The van der Waals surface area contributed by atoms with Crippen LogP contribution < -0.4 is 0 Å². The van der Waals surface area contributed by atoms with Crippen LogP contribution in [0.5, 0.6) is 0 Å². The number of carboxylic acid groups (broad SMARTS) is 1. The zero-order chi connectivity index (χ0) is 21.5. The van der Waals surface area contributed by atoms with Crippen LogP contribution in [0.15, 0.2) is 76.2 Å². The number of carboxylic acids is 1. The molecule has 154 valence electrons. The van der Waals surface area contributed by atoms with Gasteiger partial charge in [-0.3, -0.25) is 0 Å². The lowest BCUT2D eigenvalue weighted by Crippen LogP contribution is -2.12. The molecule has 0 unspecified atom stereocenters. The fourth-order valence-corrected chi connectivity index (χ4v) is 5.17. The van der Waals surface area contributed by atoms with Gasteiger partial charge < -0.3 is 5.11 Å². The van der Waals surface area contributed by atoms with Crippen molar-refractivity contribution in [1.82, 2.24) is 9.78 Å². The first-order valence-electron chi connectivity index (χ1n) is 9.94. The second-order valence-corrected chi connectivity index (χ2v) is 9.20. The van der Waals surface area contributed by atoms with Crippen molar-refractivity contribution in [2.45, 2.75) is 17.7 Å². The Labute approximate surface area is 193 Å². The summed E-state index contributed by atoms with van der Waals surface area (Å²) in [6.45, 7) is 0. The molecule has 31 heavy (non-hydrogen) atoms. The zero-order valence-corrected chi connectivity index (χ0v) is 19.2. The van der Waals surface area contributed by atoms with E-state index in [0.29, 0.717) is 5.56 Å². The monoisotopic (exact) mass is 490 g/mol. The molecule has 4 nitrogen and oxygen atoms in total. The SMILES string of the molecule is CSc1cc(-c2ccc(Br)cc2)c2c(c1C(=O)O)-c1cn(-c3ccccc3)nc1CC2. The first-order chi connectivity index (χ1) is 15.1. The van der Waals surface area contributed by atoms with Gasteiger partial charge in [0, 0.05) is 26.7 Å². The molecule has 1 aliphatic rings. The average molecular weight is 491 g/mol. The van der Waals surface area contributed by atoms with Crippen LogP contribution >= 0.6 is 27.7 Å². The minimum absolute atomic E-state index is 0.372. The summed E-state index contributed by atoms with van der Waals surface area (Å²) in [6.07, 6.45) is 5.44. The number of rotatable bonds is 4.